The van der Waals surface area contributed by atoms with Crippen LogP contribution in [-0.2, 0) is 0 Å². The second kappa shape index (κ2) is 8.39. The summed E-state index contributed by atoms with van der Waals surface area (Å²) in [6.07, 6.45) is 8.32. The first-order valence-corrected chi connectivity index (χ1v) is 11.6. The molecule has 0 bridgehead atoms. The topological polar surface area (TPSA) is 65.5 Å². The van der Waals surface area contributed by atoms with Gasteiger partial charge in [-0.25, -0.2) is 8.78 Å². The maximum absolute atomic E-state index is 13.7. The number of amides is 2. The van der Waals surface area contributed by atoms with Crippen LogP contribution in [0.2, 0.25) is 0 Å². The van der Waals surface area contributed by atoms with E-state index in [1.807, 2.05) is 0 Å². The van der Waals surface area contributed by atoms with Gasteiger partial charge in [-0.2, -0.15) is 0 Å². The number of nitrogens with one attached hydrogen (secondary N) is 1. The lowest BCUT2D eigenvalue weighted by Crippen LogP contribution is -2.45. The van der Waals surface area contributed by atoms with Crippen molar-refractivity contribution in [2.75, 3.05) is 36.4 Å². The number of anilines is 2. The van der Waals surface area contributed by atoms with Crippen molar-refractivity contribution < 1.29 is 18.4 Å². The molecule has 0 unspecified atom stereocenters. The van der Waals surface area contributed by atoms with Crippen molar-refractivity contribution in [3.63, 3.8) is 0 Å². The molecule has 174 valence electrons. The summed E-state index contributed by atoms with van der Waals surface area (Å²) in [5.74, 6) is -3.59. The summed E-state index contributed by atoms with van der Waals surface area (Å²) in [5, 5.41) is 2.87. The second-order valence-electron chi connectivity index (χ2n) is 9.60. The molecule has 1 aromatic heterocycles. The first-order chi connectivity index (χ1) is 15.8. The Morgan fingerprint density at radius 1 is 1.00 bits per heavy atom. The van der Waals surface area contributed by atoms with Crippen molar-refractivity contribution in [2.45, 2.75) is 44.4 Å². The molecule has 2 amide bonds. The minimum atomic E-state index is -2.86. The molecule has 5 rings (SSSR count). The van der Waals surface area contributed by atoms with E-state index in [2.05, 4.69) is 15.2 Å². The lowest BCUT2D eigenvalue weighted by molar-refractivity contribution is -0.0560. The van der Waals surface area contributed by atoms with Gasteiger partial charge in [0.25, 0.3) is 17.7 Å². The fourth-order valence-electron chi connectivity index (χ4n) is 4.98. The zero-order chi connectivity index (χ0) is 23.1. The van der Waals surface area contributed by atoms with Gasteiger partial charge in [0, 0.05) is 43.5 Å². The smallest absolute Gasteiger partial charge is 0.265 e. The minimum Gasteiger partial charge on any atom is -0.370 e. The van der Waals surface area contributed by atoms with Crippen LogP contribution >= 0.6 is 0 Å². The SMILES string of the molecule is O=C(Nc1cccc(C(=O)N2CCCC(F)(F)C2)c1)c1ccncc1N1CCC2(CC1)CC2. The Kier molecular flexibility index (Phi) is 5.54. The van der Waals surface area contributed by atoms with Crippen LogP contribution in [0.1, 0.15) is 59.2 Å². The summed E-state index contributed by atoms with van der Waals surface area (Å²) in [6, 6.07) is 8.18. The highest BCUT2D eigenvalue weighted by atomic mass is 19.3. The van der Waals surface area contributed by atoms with E-state index in [0.29, 0.717) is 23.2 Å². The largest absolute Gasteiger partial charge is 0.370 e. The first-order valence-electron chi connectivity index (χ1n) is 11.6. The lowest BCUT2D eigenvalue weighted by atomic mass is 9.93. The highest BCUT2D eigenvalue weighted by Gasteiger charge is 2.44. The average molecular weight is 455 g/mol. The van der Waals surface area contributed by atoms with Crippen LogP contribution in [0.15, 0.2) is 42.7 Å². The maximum Gasteiger partial charge on any atom is 0.265 e. The van der Waals surface area contributed by atoms with Crippen molar-refractivity contribution >= 4 is 23.2 Å². The number of pyridine rings is 1. The zero-order valence-electron chi connectivity index (χ0n) is 18.5. The molecule has 2 aromatic rings. The van der Waals surface area contributed by atoms with Gasteiger partial charge in [0.2, 0.25) is 0 Å². The Morgan fingerprint density at radius 3 is 2.52 bits per heavy atom. The van der Waals surface area contributed by atoms with Gasteiger partial charge in [-0.05, 0) is 61.8 Å². The number of hydrogen-bond acceptors (Lipinski definition) is 4. The molecule has 0 atom stereocenters. The number of carbonyl (C=O) groups is 2. The predicted octanol–water partition coefficient (Wildman–Crippen LogP) is 4.59. The van der Waals surface area contributed by atoms with Gasteiger partial charge in [-0.1, -0.05) is 6.07 Å². The van der Waals surface area contributed by atoms with Gasteiger partial charge in [0.15, 0.2) is 0 Å². The normalized spacial score (nSPS) is 21.0. The third-order valence-electron chi connectivity index (χ3n) is 7.21. The molecule has 8 heteroatoms. The van der Waals surface area contributed by atoms with E-state index in [0.717, 1.165) is 31.6 Å². The Bertz CT molecular complexity index is 1060. The summed E-state index contributed by atoms with van der Waals surface area (Å²) in [4.78, 5) is 33.5. The number of alkyl halides is 2. The molecule has 3 fully saturated rings. The maximum atomic E-state index is 13.7. The van der Waals surface area contributed by atoms with Crippen molar-refractivity contribution in [3.8, 4) is 0 Å². The minimum absolute atomic E-state index is 0.195. The highest BCUT2D eigenvalue weighted by molar-refractivity contribution is 6.08. The van der Waals surface area contributed by atoms with E-state index in [4.69, 9.17) is 0 Å². The fraction of sp³-hybridized carbons (Fsp3) is 0.480. The molecule has 2 saturated heterocycles. The van der Waals surface area contributed by atoms with Crippen LogP contribution in [0.4, 0.5) is 20.2 Å². The quantitative estimate of drug-likeness (QED) is 0.734. The van der Waals surface area contributed by atoms with Crippen LogP contribution in [0.5, 0.6) is 0 Å². The lowest BCUT2D eigenvalue weighted by Gasteiger charge is -2.34. The number of piperidine rings is 2. The molecule has 3 heterocycles. The van der Waals surface area contributed by atoms with Crippen LogP contribution in [0.25, 0.3) is 0 Å². The zero-order valence-corrected chi connectivity index (χ0v) is 18.5. The molecular formula is C25H28F2N4O2. The van der Waals surface area contributed by atoms with Crippen LogP contribution in [-0.4, -0.2) is 53.8 Å². The third-order valence-corrected chi connectivity index (χ3v) is 7.21. The first kappa shape index (κ1) is 21.8. The number of aromatic nitrogens is 1. The van der Waals surface area contributed by atoms with Crippen LogP contribution < -0.4 is 10.2 Å². The Morgan fingerprint density at radius 2 is 1.79 bits per heavy atom. The van der Waals surface area contributed by atoms with E-state index in [1.165, 1.54) is 17.7 Å². The molecule has 1 aromatic carbocycles. The number of benzene rings is 1. The summed E-state index contributed by atoms with van der Waals surface area (Å²) in [7, 11) is 0. The number of nitrogens with zero attached hydrogens (tertiary/aromatic N) is 3. The van der Waals surface area contributed by atoms with Crippen molar-refractivity contribution in [2.24, 2.45) is 5.41 Å². The molecule has 1 N–H and O–H groups in total. The van der Waals surface area contributed by atoms with Gasteiger partial charge < -0.3 is 15.1 Å². The van der Waals surface area contributed by atoms with Gasteiger partial charge in [-0.15, -0.1) is 0 Å². The Labute approximate surface area is 192 Å². The van der Waals surface area contributed by atoms with E-state index in [-0.39, 0.29) is 24.3 Å². The molecule has 33 heavy (non-hydrogen) atoms. The van der Waals surface area contributed by atoms with Gasteiger partial charge in [0.1, 0.15) is 0 Å². The monoisotopic (exact) mass is 454 g/mol. The van der Waals surface area contributed by atoms with E-state index < -0.39 is 18.4 Å². The van der Waals surface area contributed by atoms with Crippen molar-refractivity contribution in [1.29, 1.82) is 0 Å². The van der Waals surface area contributed by atoms with Gasteiger partial charge >= 0.3 is 0 Å². The van der Waals surface area contributed by atoms with E-state index >= 15 is 0 Å². The molecule has 1 aliphatic carbocycles. The Balaban J connectivity index is 1.29. The summed E-state index contributed by atoms with van der Waals surface area (Å²) < 4.78 is 27.5. The predicted molar refractivity (Wildman–Crippen MR) is 122 cm³/mol. The Hall–Kier alpha value is -3.03. The third kappa shape index (κ3) is 4.70. The molecule has 2 aliphatic heterocycles. The summed E-state index contributed by atoms with van der Waals surface area (Å²) >= 11 is 0. The molecule has 3 aliphatic rings. The molecular weight excluding hydrogens is 426 g/mol. The van der Waals surface area contributed by atoms with Crippen LogP contribution in [0, 0.1) is 5.41 Å². The van der Waals surface area contributed by atoms with Gasteiger partial charge in [0.05, 0.1) is 24.0 Å². The fourth-order valence-corrected chi connectivity index (χ4v) is 4.98. The van der Waals surface area contributed by atoms with Crippen molar-refractivity contribution in [1.82, 2.24) is 9.88 Å². The van der Waals surface area contributed by atoms with Gasteiger partial charge in [-0.3, -0.25) is 14.6 Å². The van der Waals surface area contributed by atoms with E-state index in [9.17, 15) is 18.4 Å². The number of hydrogen-bond donors (Lipinski definition) is 1. The summed E-state index contributed by atoms with van der Waals surface area (Å²) in [5.41, 5.74) is 2.61. The van der Waals surface area contributed by atoms with Crippen LogP contribution in [0.3, 0.4) is 0 Å². The second-order valence-corrected chi connectivity index (χ2v) is 9.60. The number of likely N-dealkylation sites (tertiary alicyclic amines) is 1. The standard InChI is InChI=1S/C25H28F2N4O2/c26-25(27)6-2-12-31(17-25)23(33)18-3-1-4-19(15-18)29-22(32)20-5-11-28-16-21(20)30-13-9-24(7-8-24)10-14-30/h1,3-5,11,15-16H,2,6-10,12-14,17H2,(H,29,32). The average Bonchev–Trinajstić information content (AvgIpc) is 3.57. The molecule has 6 nitrogen and oxygen atoms in total. The highest BCUT2D eigenvalue weighted by Crippen LogP contribution is 2.54. The number of carbonyl (C=O) groups excluding carboxylic acids is 2. The molecule has 1 spiro atoms. The number of rotatable bonds is 4. The molecule has 0 radical (unpaired) electrons. The van der Waals surface area contributed by atoms with Crippen molar-refractivity contribution in [3.05, 3.63) is 53.9 Å². The van der Waals surface area contributed by atoms with E-state index in [1.54, 1.807) is 42.7 Å². The number of halogens is 2. The summed E-state index contributed by atoms with van der Waals surface area (Å²) in [6.45, 7) is 1.56. The molecule has 1 saturated carbocycles.